The first-order chi connectivity index (χ1) is 8.60. The zero-order valence-corrected chi connectivity index (χ0v) is 10.5. The first kappa shape index (κ1) is 14.6. The molecule has 1 aromatic carbocycles. The summed E-state index contributed by atoms with van der Waals surface area (Å²) in [6.45, 7) is 2.31. The van der Waals surface area contributed by atoms with Crippen molar-refractivity contribution in [2.45, 2.75) is 25.8 Å². The van der Waals surface area contributed by atoms with Crippen LogP contribution in [0.4, 0.5) is 8.78 Å². The maximum atomic E-state index is 13.4. The van der Waals surface area contributed by atoms with E-state index in [0.717, 1.165) is 18.9 Å². The van der Waals surface area contributed by atoms with Crippen LogP contribution in [-0.2, 0) is 4.74 Å². The van der Waals surface area contributed by atoms with Crippen molar-refractivity contribution in [2.24, 2.45) is 0 Å². The summed E-state index contributed by atoms with van der Waals surface area (Å²) < 4.78 is 31.4. The van der Waals surface area contributed by atoms with Crippen molar-refractivity contribution >= 4 is 5.91 Å². The van der Waals surface area contributed by atoms with Gasteiger partial charge < -0.3 is 10.1 Å². The lowest BCUT2D eigenvalue weighted by Crippen LogP contribution is -2.38. The average molecular weight is 257 g/mol. The van der Waals surface area contributed by atoms with Gasteiger partial charge in [0.25, 0.3) is 5.91 Å². The molecule has 18 heavy (non-hydrogen) atoms. The predicted molar refractivity (Wildman–Crippen MR) is 64.4 cm³/mol. The molecule has 5 heteroatoms. The first-order valence-electron chi connectivity index (χ1n) is 5.84. The van der Waals surface area contributed by atoms with E-state index in [2.05, 4.69) is 5.32 Å². The molecule has 0 saturated carbocycles. The summed E-state index contributed by atoms with van der Waals surface area (Å²) in [4.78, 5) is 11.8. The van der Waals surface area contributed by atoms with Gasteiger partial charge in [-0.15, -0.1) is 0 Å². The lowest BCUT2D eigenvalue weighted by Gasteiger charge is -2.17. The predicted octanol–water partition coefficient (Wildman–Crippen LogP) is 2.51. The second kappa shape index (κ2) is 7.06. The Morgan fingerprint density at radius 1 is 1.44 bits per heavy atom. The van der Waals surface area contributed by atoms with Gasteiger partial charge in [-0.1, -0.05) is 19.4 Å². The van der Waals surface area contributed by atoms with Gasteiger partial charge in [-0.25, -0.2) is 8.78 Å². The Labute approximate surface area is 105 Å². The molecule has 0 heterocycles. The molecule has 0 aliphatic rings. The summed E-state index contributed by atoms with van der Waals surface area (Å²) in [5.41, 5.74) is -0.285. The van der Waals surface area contributed by atoms with E-state index in [0.29, 0.717) is 6.61 Å². The highest BCUT2D eigenvalue weighted by Crippen LogP contribution is 2.11. The molecule has 1 aromatic rings. The number of ether oxygens (including phenoxy) is 1. The van der Waals surface area contributed by atoms with Crippen LogP contribution in [0.15, 0.2) is 18.2 Å². The minimum Gasteiger partial charge on any atom is -0.383 e. The molecule has 0 aromatic heterocycles. The van der Waals surface area contributed by atoms with Crippen LogP contribution < -0.4 is 5.32 Å². The van der Waals surface area contributed by atoms with E-state index < -0.39 is 17.5 Å². The average Bonchev–Trinajstić information content (AvgIpc) is 2.33. The fourth-order valence-electron chi connectivity index (χ4n) is 1.69. The van der Waals surface area contributed by atoms with Crippen molar-refractivity contribution in [1.29, 1.82) is 0 Å². The lowest BCUT2D eigenvalue weighted by atomic mass is 10.1. The van der Waals surface area contributed by atoms with E-state index >= 15 is 0 Å². The molecule has 1 unspecified atom stereocenters. The Bertz CT molecular complexity index is 404. The minimum atomic E-state index is -1.12. The smallest absolute Gasteiger partial charge is 0.254 e. The third kappa shape index (κ3) is 3.77. The number of nitrogens with one attached hydrogen (secondary N) is 1. The van der Waals surface area contributed by atoms with Gasteiger partial charge in [-0.05, 0) is 18.6 Å². The van der Waals surface area contributed by atoms with Crippen molar-refractivity contribution in [2.75, 3.05) is 13.7 Å². The first-order valence-corrected chi connectivity index (χ1v) is 5.84. The number of benzene rings is 1. The summed E-state index contributed by atoms with van der Waals surface area (Å²) in [6.07, 6.45) is 1.58. The van der Waals surface area contributed by atoms with E-state index in [9.17, 15) is 13.6 Å². The van der Waals surface area contributed by atoms with Crippen molar-refractivity contribution in [1.82, 2.24) is 5.32 Å². The Kier molecular flexibility index (Phi) is 5.71. The number of hydrogen-bond donors (Lipinski definition) is 1. The molecule has 0 radical (unpaired) electrons. The number of methoxy groups -OCH3 is 1. The van der Waals surface area contributed by atoms with Gasteiger partial charge in [-0.3, -0.25) is 4.79 Å². The maximum Gasteiger partial charge on any atom is 0.254 e. The summed E-state index contributed by atoms with van der Waals surface area (Å²) in [6, 6.07) is 3.34. The van der Waals surface area contributed by atoms with Crippen molar-refractivity contribution in [3.05, 3.63) is 35.4 Å². The zero-order chi connectivity index (χ0) is 13.5. The molecule has 1 rings (SSSR count). The van der Waals surface area contributed by atoms with Gasteiger partial charge in [0.15, 0.2) is 11.6 Å². The maximum absolute atomic E-state index is 13.4. The summed E-state index contributed by atoms with van der Waals surface area (Å²) in [7, 11) is 1.53. The summed E-state index contributed by atoms with van der Waals surface area (Å²) in [5.74, 6) is -2.77. The Morgan fingerprint density at radius 2 is 2.17 bits per heavy atom. The molecule has 0 fully saturated rings. The van der Waals surface area contributed by atoms with Crippen molar-refractivity contribution in [3.63, 3.8) is 0 Å². The van der Waals surface area contributed by atoms with Gasteiger partial charge in [0.1, 0.15) is 0 Å². The number of carbonyl (C=O) groups excluding carboxylic acids is 1. The van der Waals surface area contributed by atoms with Gasteiger partial charge in [0.05, 0.1) is 18.2 Å². The number of rotatable bonds is 6. The fraction of sp³-hybridized carbons (Fsp3) is 0.462. The number of amides is 1. The third-order valence-corrected chi connectivity index (χ3v) is 2.54. The minimum absolute atomic E-state index is 0.199. The zero-order valence-electron chi connectivity index (χ0n) is 10.5. The van der Waals surface area contributed by atoms with Crippen LogP contribution in [0, 0.1) is 11.6 Å². The molecular formula is C13H17F2NO2. The van der Waals surface area contributed by atoms with E-state index in [1.165, 1.54) is 19.2 Å². The third-order valence-electron chi connectivity index (χ3n) is 2.54. The monoisotopic (exact) mass is 257 g/mol. The van der Waals surface area contributed by atoms with E-state index in [-0.39, 0.29) is 11.6 Å². The topological polar surface area (TPSA) is 38.3 Å². The largest absolute Gasteiger partial charge is 0.383 e. The Hall–Kier alpha value is -1.49. The van der Waals surface area contributed by atoms with Crippen molar-refractivity contribution in [3.8, 4) is 0 Å². The quantitative estimate of drug-likeness (QED) is 0.850. The number of hydrogen-bond acceptors (Lipinski definition) is 2. The molecule has 100 valence electrons. The molecule has 3 nitrogen and oxygen atoms in total. The standard InChI is InChI=1S/C13H17F2NO2/c1-3-5-9(8-18-2)16-13(17)10-6-4-7-11(14)12(10)15/h4,6-7,9H,3,5,8H2,1-2H3,(H,16,17). The highest BCUT2D eigenvalue weighted by atomic mass is 19.2. The molecule has 0 aliphatic heterocycles. The molecule has 0 aliphatic carbocycles. The van der Waals surface area contributed by atoms with Crippen LogP contribution in [0.1, 0.15) is 30.1 Å². The van der Waals surface area contributed by atoms with Gasteiger partial charge >= 0.3 is 0 Å². The molecule has 0 spiro atoms. The van der Waals surface area contributed by atoms with Crippen LogP contribution in [-0.4, -0.2) is 25.7 Å². The number of carbonyl (C=O) groups is 1. The van der Waals surface area contributed by atoms with Gasteiger partial charge in [0, 0.05) is 7.11 Å². The van der Waals surface area contributed by atoms with Crippen LogP contribution in [0.25, 0.3) is 0 Å². The SMILES string of the molecule is CCCC(COC)NC(=O)c1cccc(F)c1F. The van der Waals surface area contributed by atoms with Crippen LogP contribution in [0.5, 0.6) is 0 Å². The second-order valence-electron chi connectivity index (χ2n) is 4.02. The highest BCUT2D eigenvalue weighted by molar-refractivity contribution is 5.94. The molecule has 1 atom stereocenters. The van der Waals surface area contributed by atoms with E-state index in [1.54, 1.807) is 0 Å². The fourth-order valence-corrected chi connectivity index (χ4v) is 1.69. The molecule has 1 N–H and O–H groups in total. The molecule has 0 bridgehead atoms. The number of halogens is 2. The molecule has 1 amide bonds. The van der Waals surface area contributed by atoms with Crippen molar-refractivity contribution < 1.29 is 18.3 Å². The Balaban J connectivity index is 2.77. The Morgan fingerprint density at radius 3 is 2.78 bits per heavy atom. The molecule has 0 saturated heterocycles. The van der Waals surface area contributed by atoms with Crippen LogP contribution >= 0.6 is 0 Å². The highest BCUT2D eigenvalue weighted by Gasteiger charge is 2.18. The summed E-state index contributed by atoms with van der Waals surface area (Å²) >= 11 is 0. The second-order valence-corrected chi connectivity index (χ2v) is 4.02. The summed E-state index contributed by atoms with van der Waals surface area (Å²) in [5, 5.41) is 2.63. The van der Waals surface area contributed by atoms with Crippen LogP contribution in [0.2, 0.25) is 0 Å². The van der Waals surface area contributed by atoms with Gasteiger partial charge in [0.2, 0.25) is 0 Å². The van der Waals surface area contributed by atoms with E-state index in [4.69, 9.17) is 4.74 Å². The van der Waals surface area contributed by atoms with E-state index in [1.807, 2.05) is 6.92 Å². The molecular weight excluding hydrogens is 240 g/mol. The van der Waals surface area contributed by atoms with Crippen LogP contribution in [0.3, 0.4) is 0 Å². The van der Waals surface area contributed by atoms with Gasteiger partial charge in [-0.2, -0.15) is 0 Å². The lowest BCUT2D eigenvalue weighted by molar-refractivity contribution is 0.0886. The normalized spacial score (nSPS) is 12.2.